The summed E-state index contributed by atoms with van der Waals surface area (Å²) in [6.45, 7) is 0. The van der Waals surface area contributed by atoms with Gasteiger partial charge in [0.2, 0.25) is 0 Å². The van der Waals surface area contributed by atoms with E-state index in [0.29, 0.717) is 5.69 Å². The molecule has 0 spiro atoms. The summed E-state index contributed by atoms with van der Waals surface area (Å²) in [4.78, 5) is 20.6. The van der Waals surface area contributed by atoms with Crippen LogP contribution in [0.2, 0.25) is 0 Å². The molecule has 1 aromatic carbocycles. The van der Waals surface area contributed by atoms with E-state index in [4.69, 9.17) is 0 Å². The number of nitrogens with zero attached hydrogens (tertiary/aromatic N) is 2. The molecule has 1 aliphatic carbocycles. The van der Waals surface area contributed by atoms with E-state index in [1.165, 1.54) is 24.4 Å². The van der Waals surface area contributed by atoms with Gasteiger partial charge in [-0.15, -0.1) is 0 Å². The van der Waals surface area contributed by atoms with Gasteiger partial charge in [-0.3, -0.25) is 15.1 Å². The summed E-state index contributed by atoms with van der Waals surface area (Å²) in [7, 11) is -3.80. The fourth-order valence-corrected chi connectivity index (χ4v) is 5.76. The summed E-state index contributed by atoms with van der Waals surface area (Å²) < 4.78 is 39.9. The number of carbonyl (C=O) groups is 1. The van der Waals surface area contributed by atoms with Crippen LogP contribution in [0.25, 0.3) is 0 Å². The molecule has 0 bridgehead atoms. The minimum absolute atomic E-state index is 0.0575. The Morgan fingerprint density at radius 3 is 2.61 bits per heavy atom. The van der Waals surface area contributed by atoms with Gasteiger partial charge in [-0.25, -0.2) is 17.8 Å². The van der Waals surface area contributed by atoms with Crippen LogP contribution in [0.4, 0.5) is 9.52 Å². The first-order valence-electron chi connectivity index (χ1n) is 8.63. The fourth-order valence-electron chi connectivity index (χ4n) is 2.75. The molecule has 144 valence electrons. The van der Waals surface area contributed by atoms with Gasteiger partial charge in [0.05, 0.1) is 11.4 Å². The van der Waals surface area contributed by atoms with Gasteiger partial charge in [0.15, 0.2) is 15.0 Å². The van der Waals surface area contributed by atoms with E-state index in [0.717, 1.165) is 24.2 Å². The van der Waals surface area contributed by atoms with Crippen molar-refractivity contribution in [1.82, 2.24) is 9.97 Å². The Morgan fingerprint density at radius 2 is 1.93 bits per heavy atom. The van der Waals surface area contributed by atoms with Crippen LogP contribution in [0.3, 0.4) is 0 Å². The lowest BCUT2D eigenvalue weighted by Gasteiger charge is -2.05. The van der Waals surface area contributed by atoms with E-state index in [2.05, 4.69) is 15.3 Å². The maximum atomic E-state index is 13.9. The zero-order chi connectivity index (χ0) is 19.7. The van der Waals surface area contributed by atoms with Crippen LogP contribution >= 0.6 is 11.3 Å². The lowest BCUT2D eigenvalue weighted by Crippen LogP contribution is -2.13. The largest absolute Gasteiger partial charge is 0.296 e. The second-order valence-electron chi connectivity index (χ2n) is 6.49. The Balaban J connectivity index is 1.63. The van der Waals surface area contributed by atoms with E-state index in [1.807, 2.05) is 0 Å². The number of nitrogens with one attached hydrogen (secondary N) is 1. The maximum Gasteiger partial charge on any atom is 0.276 e. The molecule has 1 N–H and O–H groups in total. The number of hydrogen-bond acceptors (Lipinski definition) is 6. The number of hydrogen-bond donors (Lipinski definition) is 1. The van der Waals surface area contributed by atoms with Gasteiger partial charge in [0, 0.05) is 17.7 Å². The molecule has 0 atom stereocenters. The van der Waals surface area contributed by atoms with Crippen molar-refractivity contribution < 1.29 is 17.6 Å². The third-order valence-corrected chi connectivity index (χ3v) is 7.55. The van der Waals surface area contributed by atoms with Gasteiger partial charge in [-0.05, 0) is 31.0 Å². The second kappa shape index (κ2) is 7.40. The molecule has 1 aliphatic rings. The highest BCUT2D eigenvalue weighted by Crippen LogP contribution is 2.45. The molecule has 6 nitrogen and oxygen atoms in total. The average Bonchev–Trinajstić information content (AvgIpc) is 3.44. The minimum Gasteiger partial charge on any atom is -0.296 e. The number of halogens is 1. The number of benzene rings is 1. The summed E-state index contributed by atoms with van der Waals surface area (Å²) in [5, 5.41) is 2.82. The number of amides is 1. The topological polar surface area (TPSA) is 89.0 Å². The number of aromatic nitrogens is 2. The molecular weight excluding hydrogens is 401 g/mol. The van der Waals surface area contributed by atoms with Crippen molar-refractivity contribution in [2.24, 2.45) is 0 Å². The summed E-state index contributed by atoms with van der Waals surface area (Å²) in [5.74, 6) is -1.42. The molecule has 0 radical (unpaired) electrons. The van der Waals surface area contributed by atoms with Crippen molar-refractivity contribution >= 4 is 32.2 Å². The Morgan fingerprint density at radius 1 is 1.18 bits per heavy atom. The number of thiazole rings is 1. The smallest absolute Gasteiger partial charge is 0.276 e. The monoisotopic (exact) mass is 417 g/mol. The number of carbonyl (C=O) groups excluding carboxylic acids is 1. The quantitative estimate of drug-likeness (QED) is 0.659. The molecule has 2 aromatic heterocycles. The molecule has 0 unspecified atom stereocenters. The third kappa shape index (κ3) is 3.95. The molecule has 1 fully saturated rings. The Hall–Kier alpha value is -2.65. The van der Waals surface area contributed by atoms with E-state index in [-0.39, 0.29) is 26.5 Å². The zero-order valence-corrected chi connectivity index (χ0v) is 16.3. The first kappa shape index (κ1) is 18.7. The van der Waals surface area contributed by atoms with Gasteiger partial charge in [-0.1, -0.05) is 35.6 Å². The Kier molecular flexibility index (Phi) is 4.94. The van der Waals surface area contributed by atoms with Crippen molar-refractivity contribution in [2.75, 3.05) is 5.32 Å². The fraction of sp³-hybridized carbons (Fsp3) is 0.211. The van der Waals surface area contributed by atoms with Crippen LogP contribution < -0.4 is 5.32 Å². The van der Waals surface area contributed by atoms with Crippen LogP contribution in [-0.4, -0.2) is 24.3 Å². The van der Waals surface area contributed by atoms with Crippen molar-refractivity contribution in [3.05, 3.63) is 71.4 Å². The van der Waals surface area contributed by atoms with E-state index < -0.39 is 27.3 Å². The summed E-state index contributed by atoms with van der Waals surface area (Å²) in [6, 6.07) is 10.7. The highest BCUT2D eigenvalue weighted by atomic mass is 32.2. The molecular formula is C19H16FN3O3S2. The second-order valence-corrected chi connectivity index (χ2v) is 9.67. The third-order valence-electron chi connectivity index (χ3n) is 4.29. The van der Waals surface area contributed by atoms with E-state index >= 15 is 0 Å². The Labute approximate surface area is 165 Å². The standard InChI is InChI=1S/C19H16FN3O3S2/c20-14-6-2-1-5-13(14)11-28(25,26)18-16(12-8-9-12)22-19(27-18)23-17(24)15-7-3-4-10-21-15/h1-7,10,12H,8-9,11H2,(H,22,23,24). The highest BCUT2D eigenvalue weighted by Gasteiger charge is 2.35. The van der Waals surface area contributed by atoms with Crippen LogP contribution in [0, 0.1) is 5.82 Å². The lowest BCUT2D eigenvalue weighted by molar-refractivity contribution is 0.102. The van der Waals surface area contributed by atoms with Gasteiger partial charge in [0.25, 0.3) is 5.91 Å². The summed E-state index contributed by atoms with van der Waals surface area (Å²) in [6.07, 6.45) is 3.19. The van der Waals surface area contributed by atoms with Gasteiger partial charge >= 0.3 is 0 Å². The maximum absolute atomic E-state index is 13.9. The molecule has 9 heteroatoms. The summed E-state index contributed by atoms with van der Waals surface area (Å²) >= 11 is 0.902. The SMILES string of the molecule is O=C(Nc1nc(C2CC2)c(S(=O)(=O)Cc2ccccc2F)s1)c1ccccn1. The Bertz CT molecular complexity index is 1130. The van der Waals surface area contributed by atoms with Crippen molar-refractivity contribution in [3.63, 3.8) is 0 Å². The number of sulfone groups is 1. The van der Waals surface area contributed by atoms with Crippen LogP contribution in [0.15, 0.2) is 52.9 Å². The van der Waals surface area contributed by atoms with E-state index in [1.54, 1.807) is 24.3 Å². The number of anilines is 1. The predicted octanol–water partition coefficient (Wildman–Crippen LogP) is 3.78. The van der Waals surface area contributed by atoms with Crippen molar-refractivity contribution in [3.8, 4) is 0 Å². The van der Waals surface area contributed by atoms with E-state index in [9.17, 15) is 17.6 Å². The minimum atomic E-state index is -3.80. The van der Waals surface area contributed by atoms with Crippen molar-refractivity contribution in [2.45, 2.75) is 28.7 Å². The zero-order valence-electron chi connectivity index (χ0n) is 14.6. The molecule has 0 saturated heterocycles. The normalized spacial score (nSPS) is 14.0. The molecule has 28 heavy (non-hydrogen) atoms. The highest BCUT2D eigenvalue weighted by molar-refractivity contribution is 7.92. The van der Waals surface area contributed by atoms with Gasteiger partial charge < -0.3 is 0 Å². The molecule has 1 saturated carbocycles. The lowest BCUT2D eigenvalue weighted by atomic mass is 10.2. The first-order chi connectivity index (χ1) is 13.4. The van der Waals surface area contributed by atoms with Crippen molar-refractivity contribution in [1.29, 1.82) is 0 Å². The number of rotatable bonds is 6. The average molecular weight is 417 g/mol. The van der Waals surface area contributed by atoms with Crippen LogP contribution in [0.5, 0.6) is 0 Å². The van der Waals surface area contributed by atoms with Crippen LogP contribution in [0.1, 0.15) is 40.5 Å². The van der Waals surface area contributed by atoms with Gasteiger partial charge in [0.1, 0.15) is 15.7 Å². The molecule has 0 aliphatic heterocycles. The summed E-state index contributed by atoms with van der Waals surface area (Å²) in [5.41, 5.74) is 0.774. The van der Waals surface area contributed by atoms with Crippen LogP contribution in [-0.2, 0) is 15.6 Å². The molecule has 2 heterocycles. The molecule has 1 amide bonds. The predicted molar refractivity (Wildman–Crippen MR) is 104 cm³/mol. The first-order valence-corrected chi connectivity index (χ1v) is 11.1. The number of pyridine rings is 1. The molecule has 3 aromatic rings. The van der Waals surface area contributed by atoms with Gasteiger partial charge in [-0.2, -0.15) is 0 Å². The molecule has 4 rings (SSSR count).